The molecule has 0 fully saturated rings. The van der Waals surface area contributed by atoms with Gasteiger partial charge < -0.3 is 10.1 Å². The van der Waals surface area contributed by atoms with E-state index in [1.807, 2.05) is 18.2 Å². The number of thioether (sulfide) groups is 1. The minimum absolute atomic E-state index is 0.800. The highest BCUT2D eigenvalue weighted by atomic mass is 79.9. The molecular weight excluding hydrogens is 322 g/mol. The molecule has 0 bridgehead atoms. The Kier molecular flexibility index (Phi) is 5.16. The average Bonchev–Trinajstić information content (AvgIpc) is 2.45. The number of rotatable bonds is 5. The first-order chi connectivity index (χ1) is 9.21. The van der Waals surface area contributed by atoms with E-state index in [4.69, 9.17) is 4.74 Å². The molecule has 0 aliphatic heterocycles. The van der Waals surface area contributed by atoms with Crippen LogP contribution in [-0.4, -0.2) is 13.4 Å². The lowest BCUT2D eigenvalue weighted by molar-refractivity contribution is 0.414. The van der Waals surface area contributed by atoms with Crippen molar-refractivity contribution in [1.82, 2.24) is 0 Å². The van der Waals surface area contributed by atoms with E-state index in [9.17, 15) is 0 Å². The van der Waals surface area contributed by atoms with E-state index in [1.165, 1.54) is 10.5 Å². The summed E-state index contributed by atoms with van der Waals surface area (Å²) in [5, 5.41) is 3.40. The molecule has 2 aromatic rings. The minimum Gasteiger partial charge on any atom is -0.497 e. The van der Waals surface area contributed by atoms with E-state index < -0.39 is 0 Å². The highest BCUT2D eigenvalue weighted by molar-refractivity contribution is 9.10. The Hall–Kier alpha value is -1.13. The van der Waals surface area contributed by atoms with E-state index >= 15 is 0 Å². The van der Waals surface area contributed by atoms with E-state index in [1.54, 1.807) is 18.9 Å². The predicted octanol–water partition coefficient (Wildman–Crippen LogP) is 4.79. The largest absolute Gasteiger partial charge is 0.497 e. The quantitative estimate of drug-likeness (QED) is 0.792. The summed E-state index contributed by atoms with van der Waals surface area (Å²) in [7, 11) is 1.67. The van der Waals surface area contributed by atoms with Gasteiger partial charge in [-0.05, 0) is 36.1 Å². The summed E-state index contributed by atoms with van der Waals surface area (Å²) in [6.45, 7) is 0.800. The summed E-state index contributed by atoms with van der Waals surface area (Å²) in [6, 6.07) is 14.5. The van der Waals surface area contributed by atoms with Gasteiger partial charge in [0.05, 0.1) is 7.11 Å². The molecule has 2 nitrogen and oxygen atoms in total. The van der Waals surface area contributed by atoms with Gasteiger partial charge in [-0.25, -0.2) is 0 Å². The molecule has 0 aliphatic rings. The summed E-state index contributed by atoms with van der Waals surface area (Å²) in [5.41, 5.74) is 2.30. The second kappa shape index (κ2) is 6.87. The summed E-state index contributed by atoms with van der Waals surface area (Å²) in [6.07, 6.45) is 2.08. The maximum Gasteiger partial charge on any atom is 0.122 e. The van der Waals surface area contributed by atoms with Crippen molar-refractivity contribution in [3.8, 4) is 5.75 Å². The first kappa shape index (κ1) is 14.3. The number of nitrogens with one attached hydrogen (secondary N) is 1. The molecule has 0 aromatic heterocycles. The maximum atomic E-state index is 5.25. The van der Waals surface area contributed by atoms with Crippen molar-refractivity contribution in [2.24, 2.45) is 0 Å². The Bertz CT molecular complexity index is 542. The van der Waals surface area contributed by atoms with Crippen LogP contribution >= 0.6 is 27.7 Å². The molecule has 0 saturated carbocycles. The Morgan fingerprint density at radius 2 is 1.89 bits per heavy atom. The van der Waals surface area contributed by atoms with Crippen molar-refractivity contribution in [1.29, 1.82) is 0 Å². The van der Waals surface area contributed by atoms with Crippen molar-refractivity contribution in [2.75, 3.05) is 18.7 Å². The van der Waals surface area contributed by atoms with Crippen LogP contribution in [0.5, 0.6) is 5.75 Å². The molecule has 100 valence electrons. The van der Waals surface area contributed by atoms with Crippen LogP contribution in [0.4, 0.5) is 5.69 Å². The van der Waals surface area contributed by atoms with Gasteiger partial charge in [-0.15, -0.1) is 11.8 Å². The molecule has 0 spiro atoms. The topological polar surface area (TPSA) is 21.3 Å². The summed E-state index contributed by atoms with van der Waals surface area (Å²) in [4.78, 5) is 1.29. The first-order valence-corrected chi connectivity index (χ1v) is 7.94. The Morgan fingerprint density at radius 1 is 1.16 bits per heavy atom. The normalized spacial score (nSPS) is 10.3. The fraction of sp³-hybridized carbons (Fsp3) is 0.200. The fourth-order valence-corrected chi connectivity index (χ4v) is 2.61. The van der Waals surface area contributed by atoms with Crippen LogP contribution in [0.1, 0.15) is 5.56 Å². The molecule has 0 amide bonds. The van der Waals surface area contributed by atoms with Crippen LogP contribution in [0.2, 0.25) is 0 Å². The number of halogens is 1. The number of hydrogen-bond donors (Lipinski definition) is 1. The van der Waals surface area contributed by atoms with Crippen molar-refractivity contribution in [3.05, 3.63) is 52.5 Å². The minimum atomic E-state index is 0.800. The molecule has 0 radical (unpaired) electrons. The lowest BCUT2D eigenvalue weighted by Gasteiger charge is -2.09. The van der Waals surface area contributed by atoms with E-state index in [2.05, 4.69) is 51.8 Å². The number of hydrogen-bond acceptors (Lipinski definition) is 3. The Labute approximate surface area is 126 Å². The highest BCUT2D eigenvalue weighted by Crippen LogP contribution is 2.25. The molecule has 0 saturated heterocycles. The van der Waals surface area contributed by atoms with Crippen molar-refractivity contribution < 1.29 is 4.74 Å². The summed E-state index contributed by atoms with van der Waals surface area (Å²) >= 11 is 5.23. The van der Waals surface area contributed by atoms with Crippen LogP contribution in [0.3, 0.4) is 0 Å². The molecule has 2 aromatic carbocycles. The van der Waals surface area contributed by atoms with Crippen molar-refractivity contribution in [3.63, 3.8) is 0 Å². The summed E-state index contributed by atoms with van der Waals surface area (Å²) in [5.74, 6) is 0.842. The Balaban J connectivity index is 2.03. The first-order valence-electron chi connectivity index (χ1n) is 5.92. The second-order valence-corrected chi connectivity index (χ2v) is 5.88. The maximum absolute atomic E-state index is 5.25. The smallest absolute Gasteiger partial charge is 0.122 e. The van der Waals surface area contributed by atoms with E-state index in [0.29, 0.717) is 0 Å². The number of ether oxygens (including phenoxy) is 1. The molecule has 19 heavy (non-hydrogen) atoms. The van der Waals surface area contributed by atoms with Gasteiger partial charge in [-0.1, -0.05) is 28.1 Å². The lowest BCUT2D eigenvalue weighted by atomic mass is 10.2. The zero-order valence-corrected chi connectivity index (χ0v) is 13.3. The van der Waals surface area contributed by atoms with Crippen LogP contribution in [0.15, 0.2) is 51.8 Å². The molecule has 0 atom stereocenters. The SMILES string of the molecule is COc1cc(Br)cc(NCc2ccc(SC)cc2)c1. The molecule has 0 aliphatic carbocycles. The molecule has 1 N–H and O–H groups in total. The van der Waals surface area contributed by atoms with Crippen molar-refractivity contribution >= 4 is 33.4 Å². The Morgan fingerprint density at radius 3 is 2.53 bits per heavy atom. The predicted molar refractivity (Wildman–Crippen MR) is 86.2 cm³/mol. The number of methoxy groups -OCH3 is 1. The molecular formula is C15H16BrNOS. The molecule has 2 rings (SSSR count). The van der Waals surface area contributed by atoms with Gasteiger partial charge in [0, 0.05) is 27.7 Å². The van der Waals surface area contributed by atoms with Crippen LogP contribution in [0, 0.1) is 0 Å². The monoisotopic (exact) mass is 337 g/mol. The van der Waals surface area contributed by atoms with Gasteiger partial charge in [0.2, 0.25) is 0 Å². The number of anilines is 1. The third-order valence-corrected chi connectivity index (χ3v) is 3.96. The molecule has 4 heteroatoms. The highest BCUT2D eigenvalue weighted by Gasteiger charge is 2.00. The standard InChI is InChI=1S/C15H16BrNOS/c1-18-14-8-12(16)7-13(9-14)17-10-11-3-5-15(19-2)6-4-11/h3-9,17H,10H2,1-2H3. The third-order valence-electron chi connectivity index (χ3n) is 2.76. The van der Waals surface area contributed by atoms with Gasteiger partial charge in [0.1, 0.15) is 5.75 Å². The van der Waals surface area contributed by atoms with E-state index in [0.717, 1.165) is 22.5 Å². The zero-order chi connectivity index (χ0) is 13.7. The van der Waals surface area contributed by atoms with Crippen LogP contribution < -0.4 is 10.1 Å². The molecule has 0 heterocycles. The van der Waals surface area contributed by atoms with Gasteiger partial charge >= 0.3 is 0 Å². The van der Waals surface area contributed by atoms with Gasteiger partial charge in [-0.3, -0.25) is 0 Å². The van der Waals surface area contributed by atoms with Gasteiger partial charge in [0.25, 0.3) is 0 Å². The van der Waals surface area contributed by atoms with Gasteiger partial charge in [0.15, 0.2) is 0 Å². The lowest BCUT2D eigenvalue weighted by Crippen LogP contribution is -1.99. The van der Waals surface area contributed by atoms with Gasteiger partial charge in [-0.2, -0.15) is 0 Å². The van der Waals surface area contributed by atoms with Crippen molar-refractivity contribution in [2.45, 2.75) is 11.4 Å². The fourth-order valence-electron chi connectivity index (χ4n) is 1.73. The average molecular weight is 338 g/mol. The molecule has 0 unspecified atom stereocenters. The van der Waals surface area contributed by atoms with Crippen LogP contribution in [-0.2, 0) is 6.54 Å². The number of benzene rings is 2. The third kappa shape index (κ3) is 4.18. The van der Waals surface area contributed by atoms with E-state index in [-0.39, 0.29) is 0 Å². The van der Waals surface area contributed by atoms with Crippen LogP contribution in [0.25, 0.3) is 0 Å². The second-order valence-electron chi connectivity index (χ2n) is 4.08. The zero-order valence-electron chi connectivity index (χ0n) is 10.9. The summed E-state index contributed by atoms with van der Waals surface area (Å²) < 4.78 is 6.25.